The summed E-state index contributed by atoms with van der Waals surface area (Å²) >= 11 is 1.28. The molecule has 0 saturated carbocycles. The van der Waals surface area contributed by atoms with E-state index in [1.54, 1.807) is 21.8 Å². The van der Waals surface area contributed by atoms with Crippen LogP contribution in [0.15, 0.2) is 46.0 Å². The monoisotopic (exact) mass is 367 g/mol. The van der Waals surface area contributed by atoms with E-state index in [4.69, 9.17) is 4.74 Å². The van der Waals surface area contributed by atoms with Crippen molar-refractivity contribution < 1.29 is 18.1 Å². The van der Waals surface area contributed by atoms with Crippen molar-refractivity contribution in [3.63, 3.8) is 0 Å². The van der Waals surface area contributed by atoms with Gasteiger partial charge in [0.2, 0.25) is 0 Å². The van der Waals surface area contributed by atoms with Crippen LogP contribution >= 0.6 is 11.3 Å². The first-order valence-corrected chi connectivity index (χ1v) is 10.4. The van der Waals surface area contributed by atoms with E-state index in [1.807, 2.05) is 31.2 Å². The van der Waals surface area contributed by atoms with Crippen LogP contribution in [0, 0.1) is 6.92 Å². The number of rotatable bonds is 6. The Hall–Kier alpha value is -1.41. The Morgan fingerprint density at radius 1 is 1.17 bits per heavy atom. The fourth-order valence-corrected chi connectivity index (χ4v) is 5.44. The van der Waals surface area contributed by atoms with Gasteiger partial charge in [-0.1, -0.05) is 24.3 Å². The van der Waals surface area contributed by atoms with Gasteiger partial charge in [0.25, 0.3) is 10.0 Å². The Morgan fingerprint density at radius 2 is 1.92 bits per heavy atom. The average Bonchev–Trinajstić information content (AvgIpc) is 3.12. The first kappa shape index (κ1) is 17.4. The lowest BCUT2D eigenvalue weighted by Gasteiger charge is -2.31. The molecule has 1 aliphatic heterocycles. The number of aryl methyl sites for hydroxylation is 1. The Bertz CT molecular complexity index is 752. The van der Waals surface area contributed by atoms with Crippen LogP contribution in [-0.2, 0) is 10.0 Å². The van der Waals surface area contributed by atoms with Gasteiger partial charge in [-0.05, 0) is 30.0 Å². The molecule has 1 aromatic heterocycles. The molecule has 1 fully saturated rings. The SMILES string of the molecule is Cc1ccccc1OCC[NH+]1CCN(S(=O)(=O)c2cccs2)CC1. The summed E-state index contributed by atoms with van der Waals surface area (Å²) in [6.45, 7) is 6.36. The predicted octanol–water partition coefficient (Wildman–Crippen LogP) is 1.02. The van der Waals surface area contributed by atoms with Crippen molar-refractivity contribution in [2.24, 2.45) is 0 Å². The highest BCUT2D eigenvalue weighted by molar-refractivity contribution is 7.91. The number of hydrogen-bond acceptors (Lipinski definition) is 4. The molecule has 1 N–H and O–H groups in total. The van der Waals surface area contributed by atoms with E-state index < -0.39 is 10.0 Å². The number of thiophene rings is 1. The topological polar surface area (TPSA) is 51.1 Å². The molecule has 24 heavy (non-hydrogen) atoms. The molecule has 0 spiro atoms. The lowest BCUT2D eigenvalue weighted by Crippen LogP contribution is -3.15. The number of nitrogens with zero attached hydrogens (tertiary/aromatic N) is 1. The highest BCUT2D eigenvalue weighted by atomic mass is 32.2. The molecule has 5 nitrogen and oxygen atoms in total. The van der Waals surface area contributed by atoms with E-state index in [1.165, 1.54) is 16.2 Å². The van der Waals surface area contributed by atoms with Gasteiger partial charge < -0.3 is 9.64 Å². The Kier molecular flexibility index (Phi) is 5.55. The third-order valence-electron chi connectivity index (χ3n) is 4.33. The molecule has 0 amide bonds. The van der Waals surface area contributed by atoms with Crippen molar-refractivity contribution in [1.82, 2.24) is 4.31 Å². The largest absolute Gasteiger partial charge is 0.487 e. The minimum atomic E-state index is -3.30. The molecule has 7 heteroatoms. The molecule has 0 radical (unpaired) electrons. The van der Waals surface area contributed by atoms with Crippen LogP contribution in [0.5, 0.6) is 5.75 Å². The highest BCUT2D eigenvalue weighted by Gasteiger charge is 2.30. The van der Waals surface area contributed by atoms with Crippen LogP contribution in [0.4, 0.5) is 0 Å². The molecule has 2 heterocycles. The van der Waals surface area contributed by atoms with Crippen LogP contribution in [0.3, 0.4) is 0 Å². The number of benzene rings is 1. The van der Waals surface area contributed by atoms with Gasteiger partial charge in [0.1, 0.15) is 23.1 Å². The third-order valence-corrected chi connectivity index (χ3v) is 7.60. The van der Waals surface area contributed by atoms with Crippen LogP contribution in [0.2, 0.25) is 0 Å². The molecule has 3 rings (SSSR count). The first-order valence-electron chi connectivity index (χ1n) is 8.13. The number of nitrogens with one attached hydrogen (secondary N) is 1. The molecule has 0 unspecified atom stereocenters. The normalized spacial score (nSPS) is 17.0. The number of para-hydroxylation sites is 1. The minimum absolute atomic E-state index is 0.439. The van der Waals surface area contributed by atoms with Gasteiger partial charge in [0.15, 0.2) is 0 Å². The summed E-state index contributed by atoms with van der Waals surface area (Å²) in [5, 5.41) is 1.80. The van der Waals surface area contributed by atoms with Crippen molar-refractivity contribution in [3.05, 3.63) is 47.3 Å². The quantitative estimate of drug-likeness (QED) is 0.830. The van der Waals surface area contributed by atoms with E-state index in [0.717, 1.165) is 30.9 Å². The molecule has 0 atom stereocenters. The molecule has 0 bridgehead atoms. The van der Waals surface area contributed by atoms with Gasteiger partial charge in [0.05, 0.1) is 26.2 Å². The fraction of sp³-hybridized carbons (Fsp3) is 0.412. The van der Waals surface area contributed by atoms with Gasteiger partial charge in [-0.3, -0.25) is 0 Å². The van der Waals surface area contributed by atoms with Crippen LogP contribution in [-0.4, -0.2) is 52.1 Å². The standard InChI is InChI=1S/C17H22N2O3S2/c1-15-5-2-3-6-16(15)22-13-12-18-8-10-19(11-9-18)24(20,21)17-7-4-14-23-17/h2-7,14H,8-13H2,1H3/p+1. The van der Waals surface area contributed by atoms with Gasteiger partial charge in [0, 0.05) is 0 Å². The van der Waals surface area contributed by atoms with Crippen LogP contribution in [0.1, 0.15) is 5.56 Å². The summed E-state index contributed by atoms with van der Waals surface area (Å²) < 4.78 is 32.9. The maximum Gasteiger partial charge on any atom is 0.252 e. The molecule has 0 aliphatic carbocycles. The Balaban J connectivity index is 1.47. The van der Waals surface area contributed by atoms with Gasteiger partial charge in [-0.2, -0.15) is 4.31 Å². The number of piperazine rings is 1. The Morgan fingerprint density at radius 3 is 2.58 bits per heavy atom. The summed E-state index contributed by atoms with van der Waals surface area (Å²) in [6, 6.07) is 11.5. The molecule has 1 saturated heterocycles. The van der Waals surface area contributed by atoms with Crippen molar-refractivity contribution >= 4 is 21.4 Å². The van der Waals surface area contributed by atoms with E-state index in [2.05, 4.69) is 0 Å². The number of ether oxygens (including phenoxy) is 1. The van der Waals surface area contributed by atoms with Crippen molar-refractivity contribution in [2.45, 2.75) is 11.1 Å². The van der Waals surface area contributed by atoms with Gasteiger partial charge >= 0.3 is 0 Å². The first-order chi connectivity index (χ1) is 11.6. The summed E-state index contributed by atoms with van der Waals surface area (Å²) in [5.41, 5.74) is 1.14. The summed E-state index contributed by atoms with van der Waals surface area (Å²) in [4.78, 5) is 1.39. The van der Waals surface area contributed by atoms with Crippen molar-refractivity contribution in [2.75, 3.05) is 39.3 Å². The molecular formula is C17H23N2O3S2+. The van der Waals surface area contributed by atoms with E-state index in [0.29, 0.717) is 23.9 Å². The summed E-state index contributed by atoms with van der Waals surface area (Å²) in [5.74, 6) is 0.927. The lowest BCUT2D eigenvalue weighted by atomic mass is 10.2. The lowest BCUT2D eigenvalue weighted by molar-refractivity contribution is -0.903. The Labute approximate surface area is 147 Å². The second kappa shape index (κ2) is 7.65. The average molecular weight is 368 g/mol. The fourth-order valence-electron chi connectivity index (χ4n) is 2.85. The second-order valence-corrected chi connectivity index (χ2v) is 9.06. The molecule has 1 aromatic carbocycles. The van der Waals surface area contributed by atoms with Crippen molar-refractivity contribution in [3.8, 4) is 5.75 Å². The summed E-state index contributed by atoms with van der Waals surface area (Å²) in [7, 11) is -3.30. The highest BCUT2D eigenvalue weighted by Crippen LogP contribution is 2.20. The maximum atomic E-state index is 12.5. The smallest absolute Gasteiger partial charge is 0.252 e. The number of sulfonamides is 1. The molecule has 1 aliphatic rings. The zero-order valence-electron chi connectivity index (χ0n) is 13.8. The summed E-state index contributed by atoms with van der Waals surface area (Å²) in [6.07, 6.45) is 0. The molecule has 130 valence electrons. The van der Waals surface area contributed by atoms with E-state index in [9.17, 15) is 8.42 Å². The van der Waals surface area contributed by atoms with Gasteiger partial charge in [-0.15, -0.1) is 11.3 Å². The second-order valence-electron chi connectivity index (χ2n) is 5.95. The number of hydrogen-bond donors (Lipinski definition) is 1. The maximum absolute atomic E-state index is 12.5. The molecular weight excluding hydrogens is 344 g/mol. The van der Waals surface area contributed by atoms with E-state index >= 15 is 0 Å². The van der Waals surface area contributed by atoms with Crippen LogP contribution in [0.25, 0.3) is 0 Å². The molecule has 2 aromatic rings. The van der Waals surface area contributed by atoms with Crippen LogP contribution < -0.4 is 9.64 Å². The predicted molar refractivity (Wildman–Crippen MR) is 95.3 cm³/mol. The number of quaternary nitrogens is 1. The van der Waals surface area contributed by atoms with E-state index in [-0.39, 0.29) is 0 Å². The minimum Gasteiger partial charge on any atom is -0.487 e. The van der Waals surface area contributed by atoms with Crippen molar-refractivity contribution in [1.29, 1.82) is 0 Å². The van der Waals surface area contributed by atoms with Gasteiger partial charge in [-0.25, -0.2) is 8.42 Å². The zero-order chi connectivity index (χ0) is 17.0. The zero-order valence-corrected chi connectivity index (χ0v) is 15.4. The third kappa shape index (κ3) is 3.97.